The summed E-state index contributed by atoms with van der Waals surface area (Å²) >= 11 is 10.8. The molecule has 274 valence electrons. The summed E-state index contributed by atoms with van der Waals surface area (Å²) in [7, 11) is -1.34. The molecule has 0 aromatic rings. The topological polar surface area (TPSA) is 129 Å². The van der Waals surface area contributed by atoms with E-state index in [2.05, 4.69) is 30.0 Å². The van der Waals surface area contributed by atoms with Crippen LogP contribution < -0.4 is 0 Å². The van der Waals surface area contributed by atoms with Crippen LogP contribution in [0.2, 0.25) is 0 Å². The molecule has 0 bridgehead atoms. The van der Waals surface area contributed by atoms with Crippen LogP contribution in [0, 0.1) is 0 Å². The average Bonchev–Trinajstić information content (AvgIpc) is 2.82. The molecular formula is C26H60Cl2O8S8. The van der Waals surface area contributed by atoms with Crippen LogP contribution in [0.25, 0.3) is 0 Å². The molecule has 0 saturated heterocycles. The standard InChI is InChI=1S/C5H10OS2.C4H7ClOS.C4H8OS2.C4H8OS.C3H5ClOS.C2H6O3S.4CH4/c1-7-4-3-5-8(2)6;1-7(6)4-2-3-5;1-7(5)4-2-3-6;1-3-4-6(2)5;1-2-3-6(4)5;1-5-6(2,3)4;;;;/h3,5H,4H2,1-2H3;2,4H,3H2,1H3;2,4,6H,3H2,1H3;3H,1,4H2,2H3;2H,1,3H2;1-2H3;4*1H4/b5-3+;2*4-2+;;;;;;;. The number of thiol groups is 1. The van der Waals surface area contributed by atoms with Gasteiger partial charge in [0.15, 0.2) is 0 Å². The quantitative estimate of drug-likeness (QED) is 0.0733. The van der Waals surface area contributed by atoms with E-state index in [1.165, 1.54) is 6.08 Å². The molecule has 0 aliphatic rings. The molecule has 0 fully saturated rings. The second kappa shape index (κ2) is 59.1. The van der Waals surface area contributed by atoms with Gasteiger partial charge in [0.1, 0.15) is 10.0 Å². The van der Waals surface area contributed by atoms with E-state index in [1.807, 2.05) is 12.3 Å². The minimum atomic E-state index is -3.16. The van der Waals surface area contributed by atoms with Crippen LogP contribution >= 0.6 is 46.7 Å². The zero-order chi connectivity index (χ0) is 33.0. The molecule has 5 unspecified atom stereocenters. The lowest BCUT2D eigenvalue weighted by molar-refractivity contribution is 0.403. The molecule has 0 heterocycles. The fourth-order valence-electron chi connectivity index (χ4n) is 0.880. The highest BCUT2D eigenvalue weighted by molar-refractivity contribution is 8.08. The fourth-order valence-corrected chi connectivity index (χ4v) is 3.62. The molecule has 18 heteroatoms. The first-order valence-corrected chi connectivity index (χ1v) is 23.5. The predicted molar refractivity (Wildman–Crippen MR) is 220 cm³/mol. The number of thioether (sulfide) groups is 1. The van der Waals surface area contributed by atoms with Gasteiger partial charge in [-0.2, -0.15) is 32.8 Å². The molecule has 44 heavy (non-hydrogen) atoms. The molecule has 0 spiro atoms. The van der Waals surface area contributed by atoms with Gasteiger partial charge in [-0.1, -0.05) is 60.1 Å². The third-order valence-electron chi connectivity index (χ3n) is 2.23. The summed E-state index contributed by atoms with van der Waals surface area (Å²) < 4.78 is 74.1. The van der Waals surface area contributed by atoms with E-state index in [-0.39, 0.29) is 29.7 Å². The van der Waals surface area contributed by atoms with Crippen LogP contribution in [-0.2, 0) is 67.5 Å². The smallest absolute Gasteiger partial charge is 0.264 e. The zero-order valence-corrected chi connectivity index (χ0v) is 32.0. The van der Waals surface area contributed by atoms with Crippen molar-refractivity contribution in [1.82, 2.24) is 0 Å². The van der Waals surface area contributed by atoms with E-state index < -0.39 is 63.3 Å². The van der Waals surface area contributed by atoms with Crippen molar-refractivity contribution in [1.29, 1.82) is 0 Å². The van der Waals surface area contributed by atoms with Gasteiger partial charge in [-0.05, 0) is 33.2 Å². The molecule has 0 aromatic carbocycles. The molecule has 8 nitrogen and oxygen atoms in total. The van der Waals surface area contributed by atoms with Crippen molar-refractivity contribution in [2.24, 2.45) is 0 Å². The maximum atomic E-state index is 10.3. The monoisotopic (exact) mass is 826 g/mol. The van der Waals surface area contributed by atoms with Crippen molar-refractivity contribution in [3.05, 3.63) is 59.8 Å². The molecule has 0 N–H and O–H groups in total. The van der Waals surface area contributed by atoms with Crippen molar-refractivity contribution in [2.75, 3.05) is 73.5 Å². The van der Waals surface area contributed by atoms with Crippen molar-refractivity contribution in [3.63, 3.8) is 0 Å². The lowest BCUT2D eigenvalue weighted by Gasteiger charge is -1.84. The number of hydrogen-bond acceptors (Lipinski definition) is 10. The van der Waals surface area contributed by atoms with E-state index in [0.29, 0.717) is 23.1 Å². The highest BCUT2D eigenvalue weighted by Crippen LogP contribution is 1.91. The number of allylic oxidation sites excluding steroid dienone is 1. The summed E-state index contributed by atoms with van der Waals surface area (Å²) in [6.07, 6.45) is 18.1. The van der Waals surface area contributed by atoms with Crippen LogP contribution in [-0.4, -0.2) is 103 Å². The zero-order valence-electron chi connectivity index (χ0n) is 23.9. The molecule has 0 amide bonds. The highest BCUT2D eigenvalue weighted by Gasteiger charge is 1.90. The Hall–Kier alpha value is 0.640. The number of alkyl halides is 1. The summed E-state index contributed by atoms with van der Waals surface area (Å²) in [4.78, 5) is 0. The molecule has 0 aliphatic heterocycles. The highest BCUT2D eigenvalue weighted by atomic mass is 35.7. The Morgan fingerprint density at radius 1 is 0.795 bits per heavy atom. The van der Waals surface area contributed by atoms with Gasteiger partial charge in [-0.15, -0.1) is 24.8 Å². The van der Waals surface area contributed by atoms with Crippen molar-refractivity contribution >= 4 is 110 Å². The molecule has 0 saturated carbocycles. The van der Waals surface area contributed by atoms with Crippen LogP contribution in [0.15, 0.2) is 59.8 Å². The van der Waals surface area contributed by atoms with E-state index in [9.17, 15) is 29.5 Å². The van der Waals surface area contributed by atoms with Gasteiger partial charge in [-0.3, -0.25) is 21.0 Å². The maximum absolute atomic E-state index is 10.3. The van der Waals surface area contributed by atoms with Gasteiger partial charge >= 0.3 is 0 Å². The molecular weight excluding hydrogens is 768 g/mol. The van der Waals surface area contributed by atoms with Gasteiger partial charge in [0.25, 0.3) is 10.1 Å². The molecule has 0 rings (SSSR count). The molecule has 0 aliphatic carbocycles. The molecule has 0 aromatic heterocycles. The maximum Gasteiger partial charge on any atom is 0.264 e. The van der Waals surface area contributed by atoms with Crippen LogP contribution in [0.4, 0.5) is 0 Å². The summed E-state index contributed by atoms with van der Waals surface area (Å²) in [6.45, 7) is 6.73. The minimum Gasteiger partial charge on any atom is -0.274 e. The number of hydrogen-bond donors (Lipinski definition) is 1. The summed E-state index contributed by atoms with van der Waals surface area (Å²) in [5.41, 5.74) is 0. The first-order chi connectivity index (χ1) is 18.4. The van der Waals surface area contributed by atoms with Crippen molar-refractivity contribution in [3.8, 4) is 0 Å². The lowest BCUT2D eigenvalue weighted by Crippen LogP contribution is -1.95. The third-order valence-corrected chi connectivity index (χ3v) is 7.05. The van der Waals surface area contributed by atoms with E-state index in [4.69, 9.17) is 22.3 Å². The Kier molecular flexibility index (Phi) is 95.2. The van der Waals surface area contributed by atoms with Crippen molar-refractivity contribution < 1.29 is 33.6 Å². The second-order valence-corrected chi connectivity index (χ2v) is 16.6. The van der Waals surface area contributed by atoms with E-state index in [0.717, 1.165) is 19.1 Å². The first-order valence-electron chi connectivity index (χ1n) is 10.4. The van der Waals surface area contributed by atoms with Gasteiger partial charge in [0.2, 0.25) is 0 Å². The number of halogens is 2. The van der Waals surface area contributed by atoms with Crippen LogP contribution in [0.3, 0.4) is 0 Å². The summed E-state index contributed by atoms with van der Waals surface area (Å²) in [5, 5.41) is 4.89. The van der Waals surface area contributed by atoms with Crippen molar-refractivity contribution in [2.45, 2.75) is 29.7 Å². The fraction of sp³-hybridized carbons (Fsp3) is 0.615. The molecule has 5 atom stereocenters. The Morgan fingerprint density at radius 3 is 1.25 bits per heavy atom. The van der Waals surface area contributed by atoms with E-state index in [1.54, 1.807) is 71.2 Å². The first kappa shape index (κ1) is 70.8. The lowest BCUT2D eigenvalue weighted by atomic mass is 10.8. The molecule has 0 radical (unpaired) electrons. The predicted octanol–water partition coefficient (Wildman–Crippen LogP) is 6.93. The van der Waals surface area contributed by atoms with Gasteiger partial charge in [0.05, 0.1) is 19.1 Å². The summed E-state index contributed by atoms with van der Waals surface area (Å²) in [5.74, 6) is 3.06. The largest absolute Gasteiger partial charge is 0.274 e. The Labute approximate surface area is 304 Å². The SMILES string of the molecule is C.C.C.C.C=CCS(=O)Cl.C=CCS(C)=O.COS(C)(=O)=O.CS(=O)/C=C/CCl.CS(=O)/C=C/CS.CSC/C=C/S(C)=O. The van der Waals surface area contributed by atoms with Gasteiger partial charge in [-0.25, -0.2) is 4.21 Å². The second-order valence-electron chi connectivity index (χ2n) is 6.05. The minimum absolute atomic E-state index is 0. The Balaban J connectivity index is -0.0000000388. The normalized spacial score (nSPS) is 12.8. The van der Waals surface area contributed by atoms with Crippen LogP contribution in [0.5, 0.6) is 0 Å². The third kappa shape index (κ3) is 144. The Morgan fingerprint density at radius 2 is 1.14 bits per heavy atom. The van der Waals surface area contributed by atoms with Gasteiger partial charge < -0.3 is 0 Å². The number of rotatable bonds is 12. The summed E-state index contributed by atoms with van der Waals surface area (Å²) in [6, 6.07) is 0. The average molecular weight is 828 g/mol. The Bertz CT molecular complexity index is 866. The van der Waals surface area contributed by atoms with Gasteiger partial charge in [0, 0.05) is 91.4 Å². The van der Waals surface area contributed by atoms with Crippen LogP contribution in [0.1, 0.15) is 29.7 Å². The van der Waals surface area contributed by atoms with E-state index >= 15 is 0 Å².